The predicted molar refractivity (Wildman–Crippen MR) is 134 cm³/mol. The first-order valence-electron chi connectivity index (χ1n) is 10.5. The van der Waals surface area contributed by atoms with Crippen LogP contribution in [0.1, 0.15) is 15.9 Å². The van der Waals surface area contributed by atoms with E-state index in [9.17, 15) is 9.00 Å². The van der Waals surface area contributed by atoms with Gasteiger partial charge in [0.05, 0.1) is 5.75 Å². The van der Waals surface area contributed by atoms with Crippen LogP contribution in [-0.2, 0) is 17.6 Å². The molecule has 1 aromatic heterocycles. The third-order valence-corrected chi connectivity index (χ3v) is 5.74. The van der Waals surface area contributed by atoms with Gasteiger partial charge in [0.15, 0.2) is 22.7 Å². The maximum atomic E-state index is 12.7. The number of hydrogen-bond donors (Lipinski definition) is 4. The number of aromatic amines is 1. The Kier molecular flexibility index (Phi) is 7.81. The first-order valence-corrected chi connectivity index (χ1v) is 12.1. The van der Waals surface area contributed by atoms with Crippen molar-refractivity contribution in [2.45, 2.75) is 6.54 Å². The largest absolute Gasteiger partial charge is 0.322 e. The molecule has 4 N–H and O–H groups in total. The van der Waals surface area contributed by atoms with Crippen molar-refractivity contribution in [2.24, 2.45) is 0 Å². The Morgan fingerprint density at radius 3 is 2.59 bits per heavy atom. The molecule has 0 fully saturated rings. The van der Waals surface area contributed by atoms with Gasteiger partial charge in [-0.25, -0.2) is 9.19 Å². The Balaban J connectivity index is 1.38. The highest BCUT2D eigenvalue weighted by Crippen LogP contribution is 2.23. The van der Waals surface area contributed by atoms with Gasteiger partial charge in [0.2, 0.25) is 0 Å². The van der Waals surface area contributed by atoms with Crippen molar-refractivity contribution in [3.63, 3.8) is 0 Å². The first-order chi connectivity index (χ1) is 16.5. The van der Waals surface area contributed by atoms with Crippen molar-refractivity contribution >= 4 is 34.3 Å². The van der Waals surface area contributed by atoms with Gasteiger partial charge in [0.1, 0.15) is 0 Å². The molecule has 1 heterocycles. The summed E-state index contributed by atoms with van der Waals surface area (Å²) in [6.07, 6.45) is 0. The summed E-state index contributed by atoms with van der Waals surface area (Å²) in [5.41, 5.74) is 3.73. The molecule has 174 valence electrons. The number of aromatic nitrogens is 3. The standard InChI is InChI=1S/C24H22ClN5O3S/c25-20-6-2-4-18(14-20)23-28-22(29-30-23)17-7-9-21(10-8-17)27-24(31)19-5-1-3-16(13-19)15-26-11-12-34(32)33/h1-10,13-14,26H,11-12,15H2,(H,27,31)(H,32,33)(H,28,29,30). The maximum Gasteiger partial charge on any atom is 0.255 e. The summed E-state index contributed by atoms with van der Waals surface area (Å²) in [4.78, 5) is 17.2. The van der Waals surface area contributed by atoms with Crippen molar-refractivity contribution in [1.82, 2.24) is 20.5 Å². The molecule has 0 aliphatic rings. The van der Waals surface area contributed by atoms with E-state index < -0.39 is 11.1 Å². The lowest BCUT2D eigenvalue weighted by Crippen LogP contribution is -2.20. The molecular formula is C24H22ClN5O3S. The van der Waals surface area contributed by atoms with Crippen LogP contribution in [0.25, 0.3) is 22.8 Å². The lowest BCUT2D eigenvalue weighted by atomic mass is 10.1. The van der Waals surface area contributed by atoms with E-state index in [1.807, 2.05) is 30.3 Å². The van der Waals surface area contributed by atoms with Crippen LogP contribution >= 0.6 is 11.6 Å². The number of benzene rings is 3. The van der Waals surface area contributed by atoms with Gasteiger partial charge in [-0.15, -0.1) is 0 Å². The fraction of sp³-hybridized carbons (Fsp3) is 0.125. The molecule has 0 aliphatic carbocycles. The van der Waals surface area contributed by atoms with Crippen LogP contribution in [0.2, 0.25) is 5.02 Å². The molecule has 0 saturated carbocycles. The summed E-state index contributed by atoms with van der Waals surface area (Å²) < 4.78 is 19.5. The van der Waals surface area contributed by atoms with Crippen molar-refractivity contribution < 1.29 is 13.6 Å². The van der Waals surface area contributed by atoms with Gasteiger partial charge >= 0.3 is 0 Å². The fourth-order valence-electron chi connectivity index (χ4n) is 3.28. The van der Waals surface area contributed by atoms with Crippen molar-refractivity contribution in [3.05, 3.63) is 88.9 Å². The first kappa shape index (κ1) is 23.8. The number of rotatable bonds is 9. The van der Waals surface area contributed by atoms with Gasteiger partial charge in [0.25, 0.3) is 5.91 Å². The number of nitrogens with zero attached hydrogens (tertiary/aromatic N) is 2. The third kappa shape index (κ3) is 6.36. The molecule has 34 heavy (non-hydrogen) atoms. The second kappa shape index (κ2) is 11.2. The molecule has 0 spiro atoms. The van der Waals surface area contributed by atoms with E-state index in [-0.39, 0.29) is 11.7 Å². The van der Waals surface area contributed by atoms with Crippen LogP contribution in [0.15, 0.2) is 72.8 Å². The highest BCUT2D eigenvalue weighted by Gasteiger charge is 2.10. The topological polar surface area (TPSA) is 120 Å². The van der Waals surface area contributed by atoms with E-state index in [4.69, 9.17) is 16.2 Å². The summed E-state index contributed by atoms with van der Waals surface area (Å²) in [6, 6.07) is 21.9. The Hall–Kier alpha value is -3.37. The van der Waals surface area contributed by atoms with E-state index in [0.717, 1.165) is 16.7 Å². The highest BCUT2D eigenvalue weighted by atomic mass is 35.5. The Labute approximate surface area is 204 Å². The minimum Gasteiger partial charge on any atom is -0.322 e. The molecule has 1 unspecified atom stereocenters. The van der Waals surface area contributed by atoms with Gasteiger partial charge in [-0.1, -0.05) is 35.9 Å². The number of amides is 1. The van der Waals surface area contributed by atoms with Crippen LogP contribution in [0.5, 0.6) is 0 Å². The van der Waals surface area contributed by atoms with E-state index in [1.54, 1.807) is 42.5 Å². The number of anilines is 1. The average Bonchev–Trinajstić information content (AvgIpc) is 3.33. The van der Waals surface area contributed by atoms with Crippen LogP contribution in [0, 0.1) is 0 Å². The van der Waals surface area contributed by atoms with Crippen LogP contribution in [0.4, 0.5) is 5.69 Å². The molecule has 8 nitrogen and oxygen atoms in total. The highest BCUT2D eigenvalue weighted by molar-refractivity contribution is 7.79. The SMILES string of the molecule is O=C(Nc1ccc(-c2nc(-c3cccc(Cl)c3)n[nH]2)cc1)c1cccc(CNCCS(=O)O)c1. The quantitative estimate of drug-likeness (QED) is 0.202. The summed E-state index contributed by atoms with van der Waals surface area (Å²) in [5.74, 6) is 1.09. The van der Waals surface area contributed by atoms with Gasteiger partial charge in [-0.2, -0.15) is 5.10 Å². The molecule has 4 aromatic rings. The van der Waals surface area contributed by atoms with Crippen LogP contribution < -0.4 is 10.6 Å². The molecule has 1 atom stereocenters. The maximum absolute atomic E-state index is 12.7. The molecule has 10 heteroatoms. The Morgan fingerprint density at radius 2 is 1.82 bits per heavy atom. The molecule has 0 radical (unpaired) electrons. The number of halogens is 1. The Bertz CT molecular complexity index is 1310. The van der Waals surface area contributed by atoms with Gasteiger partial charge in [-0.05, 0) is 54.1 Å². The molecule has 3 aromatic carbocycles. The molecule has 1 amide bonds. The van der Waals surface area contributed by atoms with E-state index in [1.165, 1.54) is 0 Å². The zero-order chi connectivity index (χ0) is 23.9. The molecule has 0 saturated heterocycles. The monoisotopic (exact) mass is 495 g/mol. The second-order valence-electron chi connectivity index (χ2n) is 7.45. The number of carbonyl (C=O) groups excluding carboxylic acids is 1. The lowest BCUT2D eigenvalue weighted by Gasteiger charge is -2.08. The van der Waals surface area contributed by atoms with Gasteiger partial charge < -0.3 is 15.2 Å². The summed E-state index contributed by atoms with van der Waals surface area (Å²) in [6.45, 7) is 0.916. The molecular weight excluding hydrogens is 474 g/mol. The zero-order valence-electron chi connectivity index (χ0n) is 18.0. The van der Waals surface area contributed by atoms with Crippen molar-refractivity contribution in [1.29, 1.82) is 0 Å². The van der Waals surface area contributed by atoms with Gasteiger partial charge in [-0.3, -0.25) is 9.89 Å². The molecule has 0 aliphatic heterocycles. The molecule has 0 bridgehead atoms. The number of carbonyl (C=O) groups is 1. The second-order valence-corrected chi connectivity index (χ2v) is 8.94. The number of nitrogens with one attached hydrogen (secondary N) is 3. The fourth-order valence-corrected chi connectivity index (χ4v) is 3.79. The van der Waals surface area contributed by atoms with Gasteiger partial charge in [0, 0.05) is 40.5 Å². The number of hydrogen-bond acceptors (Lipinski definition) is 5. The summed E-state index contributed by atoms with van der Waals surface area (Å²) in [7, 11) is 0. The minimum absolute atomic E-state index is 0.159. The Morgan fingerprint density at radius 1 is 1.03 bits per heavy atom. The summed E-state index contributed by atoms with van der Waals surface area (Å²) >= 11 is 4.23. The average molecular weight is 496 g/mol. The van der Waals surface area contributed by atoms with E-state index in [0.29, 0.717) is 41.0 Å². The lowest BCUT2D eigenvalue weighted by molar-refractivity contribution is 0.102. The molecule has 4 rings (SSSR count). The smallest absolute Gasteiger partial charge is 0.255 e. The normalized spacial score (nSPS) is 11.8. The van der Waals surface area contributed by atoms with Crippen molar-refractivity contribution in [2.75, 3.05) is 17.6 Å². The number of H-pyrrole nitrogens is 1. The predicted octanol–water partition coefficient (Wildman–Crippen LogP) is 4.36. The summed E-state index contributed by atoms with van der Waals surface area (Å²) in [5, 5.41) is 13.8. The van der Waals surface area contributed by atoms with Crippen LogP contribution in [-0.4, -0.2) is 42.1 Å². The minimum atomic E-state index is -1.82. The zero-order valence-corrected chi connectivity index (χ0v) is 19.6. The van der Waals surface area contributed by atoms with E-state index >= 15 is 0 Å². The van der Waals surface area contributed by atoms with Crippen molar-refractivity contribution in [3.8, 4) is 22.8 Å². The van der Waals surface area contributed by atoms with E-state index in [2.05, 4.69) is 25.8 Å². The van der Waals surface area contributed by atoms with Crippen LogP contribution in [0.3, 0.4) is 0 Å². The third-order valence-electron chi connectivity index (χ3n) is 4.96.